The Kier molecular flexibility index (Phi) is 10.0. The zero-order chi connectivity index (χ0) is 32.3. The first-order valence-corrected chi connectivity index (χ1v) is 16.8. The first kappa shape index (κ1) is 32.7. The summed E-state index contributed by atoms with van der Waals surface area (Å²) in [5, 5.41) is 1.83. The third-order valence-electron chi connectivity index (χ3n) is 8.39. The van der Waals surface area contributed by atoms with E-state index in [-0.39, 0.29) is 40.8 Å². The van der Waals surface area contributed by atoms with Crippen LogP contribution in [0.1, 0.15) is 45.0 Å². The Morgan fingerprint density at radius 3 is 2.31 bits per heavy atom. The Morgan fingerprint density at radius 1 is 1.02 bits per heavy atom. The number of rotatable bonds is 14. The number of sulfonamides is 1. The first-order valence-electron chi connectivity index (χ1n) is 15.4. The van der Waals surface area contributed by atoms with Crippen LogP contribution in [0.3, 0.4) is 0 Å². The highest BCUT2D eigenvalue weighted by Crippen LogP contribution is 2.51. The monoisotopic (exact) mass is 638 g/mol. The maximum Gasteiger partial charge on any atom is 0.278 e. The zero-order valence-electron chi connectivity index (χ0n) is 26.4. The van der Waals surface area contributed by atoms with Crippen molar-refractivity contribution >= 4 is 38.6 Å². The fourth-order valence-electron chi connectivity index (χ4n) is 5.89. The number of nitrogens with one attached hydrogen (secondary N) is 1. The van der Waals surface area contributed by atoms with E-state index in [4.69, 9.17) is 9.57 Å². The van der Waals surface area contributed by atoms with Crippen molar-refractivity contribution in [3.05, 3.63) is 60.4 Å². The Balaban J connectivity index is 1.25. The molecule has 2 amide bonds. The van der Waals surface area contributed by atoms with Gasteiger partial charge in [0.05, 0.1) is 17.1 Å². The molecule has 2 aliphatic rings. The van der Waals surface area contributed by atoms with Gasteiger partial charge in [0.25, 0.3) is 5.91 Å². The summed E-state index contributed by atoms with van der Waals surface area (Å²) in [5.41, 5.74) is 2.61. The molecule has 1 aliphatic carbocycles. The number of carbonyl (C=O) groups is 2. The van der Waals surface area contributed by atoms with Crippen molar-refractivity contribution in [2.45, 2.75) is 51.8 Å². The van der Waals surface area contributed by atoms with Gasteiger partial charge in [-0.15, -0.1) is 0 Å². The maximum absolute atomic E-state index is 14.1. The predicted octanol–water partition coefficient (Wildman–Crippen LogP) is 3.30. The minimum atomic E-state index is -3.84. The van der Waals surface area contributed by atoms with E-state index in [0.29, 0.717) is 44.7 Å². The van der Waals surface area contributed by atoms with Crippen LogP contribution in [0.2, 0.25) is 0 Å². The molecule has 242 valence electrons. The fourth-order valence-corrected chi connectivity index (χ4v) is 7.64. The normalized spacial score (nSPS) is 20.0. The third-order valence-corrected chi connectivity index (χ3v) is 10.3. The number of fused-ring (bicyclic) bond motifs is 2. The smallest absolute Gasteiger partial charge is 0.278 e. The summed E-state index contributed by atoms with van der Waals surface area (Å²) in [7, 11) is -3.84. The van der Waals surface area contributed by atoms with E-state index in [9.17, 15) is 18.0 Å². The van der Waals surface area contributed by atoms with Crippen LogP contribution in [-0.4, -0.2) is 91.1 Å². The number of hydrogen-bond donors (Lipinski definition) is 1. The Labute approximate surface area is 264 Å². The second-order valence-electron chi connectivity index (χ2n) is 12.1. The quantitative estimate of drug-likeness (QED) is 0.209. The highest BCUT2D eigenvalue weighted by atomic mass is 32.2. The van der Waals surface area contributed by atoms with Gasteiger partial charge >= 0.3 is 0 Å². The summed E-state index contributed by atoms with van der Waals surface area (Å²) >= 11 is 0. The summed E-state index contributed by atoms with van der Waals surface area (Å²) in [4.78, 5) is 42.6. The average molecular weight is 639 g/mol. The number of amides is 2. The van der Waals surface area contributed by atoms with Gasteiger partial charge in [0.1, 0.15) is 0 Å². The van der Waals surface area contributed by atoms with Crippen molar-refractivity contribution in [3.63, 3.8) is 0 Å². The van der Waals surface area contributed by atoms with E-state index in [1.165, 1.54) is 19.3 Å². The summed E-state index contributed by atoms with van der Waals surface area (Å²) in [6, 6.07) is 12.7. The Hall–Kier alpha value is -3.65. The van der Waals surface area contributed by atoms with Crippen molar-refractivity contribution in [2.75, 3.05) is 44.2 Å². The second-order valence-corrected chi connectivity index (χ2v) is 14.0. The number of likely N-dealkylation sites (N-methyl/N-ethyl adjacent to an activating group) is 1. The van der Waals surface area contributed by atoms with Gasteiger partial charge < -0.3 is 14.5 Å². The fraction of sp³-hybridized carbons (Fsp3) is 0.500. The molecule has 2 heterocycles. The molecule has 13 heteroatoms. The second kappa shape index (κ2) is 13.8. The van der Waals surface area contributed by atoms with Gasteiger partial charge in [-0.05, 0) is 54.5 Å². The highest BCUT2D eigenvalue weighted by Gasteiger charge is 2.61. The first-order chi connectivity index (χ1) is 21.5. The molecule has 2 fully saturated rings. The zero-order valence-corrected chi connectivity index (χ0v) is 27.2. The lowest BCUT2D eigenvalue weighted by Crippen LogP contribution is -2.44. The van der Waals surface area contributed by atoms with Crippen LogP contribution in [0, 0.1) is 17.8 Å². The van der Waals surface area contributed by atoms with Crippen LogP contribution in [0.25, 0.3) is 10.8 Å². The van der Waals surface area contributed by atoms with E-state index in [0.717, 1.165) is 10.8 Å². The number of piperidine rings is 1. The van der Waals surface area contributed by atoms with E-state index in [1.807, 2.05) is 56.0 Å². The van der Waals surface area contributed by atoms with Crippen LogP contribution in [-0.2, 0) is 24.4 Å². The van der Waals surface area contributed by atoms with Gasteiger partial charge in [0, 0.05) is 58.1 Å². The van der Waals surface area contributed by atoms with Crippen molar-refractivity contribution in [2.24, 2.45) is 17.8 Å². The number of nitrogens with zero attached hydrogens (tertiary/aromatic N) is 5. The third kappa shape index (κ3) is 7.43. The molecule has 5 rings (SSSR count). The highest BCUT2D eigenvalue weighted by molar-refractivity contribution is 7.89. The van der Waals surface area contributed by atoms with Gasteiger partial charge in [0.15, 0.2) is 6.29 Å². The number of hydroxylamine groups is 1. The van der Waals surface area contributed by atoms with Gasteiger partial charge in [-0.3, -0.25) is 9.59 Å². The summed E-state index contributed by atoms with van der Waals surface area (Å²) in [6.45, 7) is 11.9. The van der Waals surface area contributed by atoms with E-state index >= 15 is 0 Å². The van der Waals surface area contributed by atoms with Gasteiger partial charge in [-0.2, -0.15) is 4.31 Å². The Morgan fingerprint density at radius 2 is 1.69 bits per heavy atom. The SMILES string of the molecule is CCN(CCN(C1C2CN(c3ncc(C(=O)NOC(C)OCC(C)C)cn3)CC21)S(=O)(=O)c1ccc2ccccc2c1)C(C)=O. The summed E-state index contributed by atoms with van der Waals surface area (Å²) in [6.07, 6.45) is 2.29. The molecule has 0 radical (unpaired) electrons. The molecule has 0 spiro atoms. The molecule has 12 nitrogen and oxygen atoms in total. The molecular formula is C32H42N6O6S. The predicted molar refractivity (Wildman–Crippen MR) is 170 cm³/mol. The van der Waals surface area contributed by atoms with Gasteiger partial charge in [-0.1, -0.05) is 44.2 Å². The maximum atomic E-state index is 14.1. The van der Waals surface area contributed by atoms with Crippen molar-refractivity contribution < 1.29 is 27.6 Å². The van der Waals surface area contributed by atoms with Crippen LogP contribution in [0.4, 0.5) is 5.95 Å². The molecular weight excluding hydrogens is 596 g/mol. The van der Waals surface area contributed by atoms with Gasteiger partial charge in [-0.25, -0.2) is 28.7 Å². The summed E-state index contributed by atoms with van der Waals surface area (Å²) in [5.74, 6) is 0.448. The largest absolute Gasteiger partial charge is 0.350 e. The Bertz CT molecular complexity index is 1610. The number of aromatic nitrogens is 2. The molecule has 1 saturated heterocycles. The van der Waals surface area contributed by atoms with E-state index in [2.05, 4.69) is 15.4 Å². The number of benzene rings is 2. The molecule has 45 heavy (non-hydrogen) atoms. The minimum absolute atomic E-state index is 0.0856. The van der Waals surface area contributed by atoms with Gasteiger partial charge in [0.2, 0.25) is 21.9 Å². The topological polar surface area (TPSA) is 134 Å². The molecule has 0 bridgehead atoms. The summed E-state index contributed by atoms with van der Waals surface area (Å²) < 4.78 is 35.3. The number of carbonyl (C=O) groups excluding carboxylic acids is 2. The molecule has 1 saturated carbocycles. The number of ether oxygens (including phenoxy) is 1. The lowest BCUT2D eigenvalue weighted by atomic mass is 10.1. The van der Waals surface area contributed by atoms with Crippen LogP contribution in [0.5, 0.6) is 0 Å². The van der Waals surface area contributed by atoms with E-state index < -0.39 is 22.2 Å². The van der Waals surface area contributed by atoms with E-state index in [1.54, 1.807) is 28.3 Å². The number of hydrogen-bond acceptors (Lipinski definition) is 9. The molecule has 1 N–H and O–H groups in total. The van der Waals surface area contributed by atoms with Crippen LogP contribution >= 0.6 is 0 Å². The molecule has 1 aromatic heterocycles. The lowest BCUT2D eigenvalue weighted by molar-refractivity contribution is -0.163. The molecule has 2 aromatic carbocycles. The van der Waals surface area contributed by atoms with Crippen LogP contribution < -0.4 is 10.4 Å². The number of anilines is 1. The average Bonchev–Trinajstić information content (AvgIpc) is 3.49. The molecule has 3 unspecified atom stereocenters. The molecule has 3 aromatic rings. The van der Waals surface area contributed by atoms with Crippen molar-refractivity contribution in [1.29, 1.82) is 0 Å². The standard InChI is InChI=1S/C32H42N6O6S/c1-6-36(22(4)39)13-14-38(45(41,42)27-12-11-24-9-7-8-10-25(24)15-27)30-28-18-37(19-29(28)30)32-33-16-26(17-34-32)31(40)35-44-23(5)43-20-21(2)3/h7-12,15-17,21,23,28-30H,6,13-14,18-20H2,1-5H3,(H,35,40). The van der Waals surface area contributed by atoms with Crippen LogP contribution in [0.15, 0.2) is 59.8 Å². The molecule has 3 atom stereocenters. The van der Waals surface area contributed by atoms with Crippen molar-refractivity contribution in [1.82, 2.24) is 24.7 Å². The minimum Gasteiger partial charge on any atom is -0.350 e. The van der Waals surface area contributed by atoms with Crippen molar-refractivity contribution in [3.8, 4) is 0 Å². The molecule has 1 aliphatic heterocycles. The lowest BCUT2D eigenvalue weighted by Gasteiger charge is -2.29.